The minimum atomic E-state index is -3.29. The molecule has 2 aromatic heterocycles. The second-order valence-corrected chi connectivity index (χ2v) is 8.70. The van der Waals surface area contributed by atoms with Crippen LogP contribution in [0.15, 0.2) is 35.4 Å². The van der Waals surface area contributed by atoms with Crippen molar-refractivity contribution in [3.63, 3.8) is 0 Å². The molecule has 136 valence electrons. The van der Waals surface area contributed by atoms with Crippen molar-refractivity contribution < 1.29 is 22.7 Å². The second-order valence-electron chi connectivity index (χ2n) is 5.59. The van der Waals surface area contributed by atoms with E-state index >= 15 is 0 Å². The van der Waals surface area contributed by atoms with Crippen LogP contribution in [0.1, 0.15) is 22.3 Å². The first-order valence-electron chi connectivity index (χ1n) is 7.75. The van der Waals surface area contributed by atoms with E-state index < -0.39 is 9.84 Å². The standard InChI is InChI=1S/C17H16N2O5S2/c1-3-24-15(21)8-12-9-19-14(10-20)16(18-17(19)25-12)11-4-6-13(7-5-11)26(2,22)23/h4-7,9-10H,3,8H2,1-2H3. The minimum Gasteiger partial charge on any atom is -0.466 e. The number of hydrogen-bond acceptors (Lipinski definition) is 7. The second kappa shape index (κ2) is 7.00. The molecule has 9 heteroatoms. The van der Waals surface area contributed by atoms with Crippen molar-refractivity contribution in [3.8, 4) is 11.3 Å². The lowest BCUT2D eigenvalue weighted by molar-refractivity contribution is -0.142. The zero-order chi connectivity index (χ0) is 18.9. The van der Waals surface area contributed by atoms with Crippen LogP contribution in [0.5, 0.6) is 0 Å². The Kier molecular flexibility index (Phi) is 4.92. The fraction of sp³-hybridized carbons (Fsp3) is 0.235. The smallest absolute Gasteiger partial charge is 0.311 e. The molecule has 26 heavy (non-hydrogen) atoms. The van der Waals surface area contributed by atoms with E-state index in [1.54, 1.807) is 29.7 Å². The van der Waals surface area contributed by atoms with Crippen LogP contribution >= 0.6 is 11.3 Å². The number of esters is 1. The monoisotopic (exact) mass is 392 g/mol. The van der Waals surface area contributed by atoms with Gasteiger partial charge in [-0.1, -0.05) is 12.1 Å². The molecule has 1 aromatic carbocycles. The Labute approximate surface area is 154 Å². The molecule has 0 fully saturated rings. The van der Waals surface area contributed by atoms with Gasteiger partial charge in [0.25, 0.3) is 0 Å². The van der Waals surface area contributed by atoms with Crippen LogP contribution in [0.3, 0.4) is 0 Å². The number of hydrogen-bond donors (Lipinski definition) is 0. The first-order chi connectivity index (χ1) is 12.3. The molecule has 0 aliphatic heterocycles. The molecular weight excluding hydrogens is 376 g/mol. The van der Waals surface area contributed by atoms with Gasteiger partial charge in [-0.3, -0.25) is 14.0 Å². The molecule has 0 amide bonds. The van der Waals surface area contributed by atoms with E-state index in [0.29, 0.717) is 34.8 Å². The molecular formula is C17H16N2O5S2. The van der Waals surface area contributed by atoms with Crippen molar-refractivity contribution in [2.75, 3.05) is 12.9 Å². The lowest BCUT2D eigenvalue weighted by Crippen LogP contribution is -2.06. The molecule has 0 spiro atoms. The zero-order valence-electron chi connectivity index (χ0n) is 14.1. The Morgan fingerprint density at radius 3 is 2.58 bits per heavy atom. The maximum atomic E-state index is 11.6. The van der Waals surface area contributed by atoms with Gasteiger partial charge in [0.15, 0.2) is 21.1 Å². The molecule has 3 rings (SSSR count). The van der Waals surface area contributed by atoms with E-state index in [9.17, 15) is 18.0 Å². The maximum Gasteiger partial charge on any atom is 0.311 e. The quantitative estimate of drug-likeness (QED) is 0.472. The van der Waals surface area contributed by atoms with Crippen LogP contribution in [-0.4, -0.2) is 42.9 Å². The molecule has 0 radical (unpaired) electrons. The van der Waals surface area contributed by atoms with Crippen LogP contribution in [0.25, 0.3) is 16.2 Å². The van der Waals surface area contributed by atoms with Crippen LogP contribution in [0.4, 0.5) is 0 Å². The van der Waals surface area contributed by atoms with Crippen molar-refractivity contribution >= 4 is 38.4 Å². The number of carbonyl (C=O) groups is 2. The van der Waals surface area contributed by atoms with Crippen molar-refractivity contribution in [1.82, 2.24) is 9.38 Å². The molecule has 0 bridgehead atoms. The summed E-state index contributed by atoms with van der Waals surface area (Å²) in [5, 5.41) is 0. The Hall–Kier alpha value is -2.52. The van der Waals surface area contributed by atoms with Gasteiger partial charge in [0.05, 0.1) is 17.9 Å². The summed E-state index contributed by atoms with van der Waals surface area (Å²) >= 11 is 1.30. The highest BCUT2D eigenvalue weighted by Crippen LogP contribution is 2.28. The third kappa shape index (κ3) is 3.54. The van der Waals surface area contributed by atoms with Gasteiger partial charge in [-0.15, -0.1) is 11.3 Å². The Morgan fingerprint density at radius 1 is 1.31 bits per heavy atom. The summed E-state index contributed by atoms with van der Waals surface area (Å²) in [4.78, 5) is 29.2. The lowest BCUT2D eigenvalue weighted by Gasteiger charge is -2.02. The summed E-state index contributed by atoms with van der Waals surface area (Å²) in [6, 6.07) is 6.21. The molecule has 2 heterocycles. The number of thiazole rings is 1. The number of benzene rings is 1. The van der Waals surface area contributed by atoms with Crippen molar-refractivity contribution in [2.45, 2.75) is 18.2 Å². The highest BCUT2D eigenvalue weighted by atomic mass is 32.2. The van der Waals surface area contributed by atoms with Crippen LogP contribution in [-0.2, 0) is 25.8 Å². The SMILES string of the molecule is CCOC(=O)Cc1cn2c(C=O)c(-c3ccc(S(C)(=O)=O)cc3)nc2s1. The van der Waals surface area contributed by atoms with Gasteiger partial charge in [-0.05, 0) is 19.1 Å². The normalized spacial score (nSPS) is 11.6. The van der Waals surface area contributed by atoms with E-state index in [0.717, 1.165) is 11.1 Å². The molecule has 0 saturated carbocycles. The number of ether oxygens (including phenoxy) is 1. The van der Waals surface area contributed by atoms with Gasteiger partial charge >= 0.3 is 5.97 Å². The van der Waals surface area contributed by atoms with E-state index in [2.05, 4.69) is 4.98 Å². The highest BCUT2D eigenvalue weighted by molar-refractivity contribution is 7.90. The van der Waals surface area contributed by atoms with E-state index in [4.69, 9.17) is 4.74 Å². The molecule has 7 nitrogen and oxygen atoms in total. The number of nitrogens with zero attached hydrogens (tertiary/aromatic N) is 2. The van der Waals surface area contributed by atoms with Gasteiger partial charge in [0.2, 0.25) is 0 Å². The fourth-order valence-electron chi connectivity index (χ4n) is 2.53. The number of carbonyl (C=O) groups excluding carboxylic acids is 2. The zero-order valence-corrected chi connectivity index (χ0v) is 15.8. The van der Waals surface area contributed by atoms with Crippen LogP contribution < -0.4 is 0 Å². The predicted molar refractivity (Wildman–Crippen MR) is 97.3 cm³/mol. The minimum absolute atomic E-state index is 0.124. The number of imidazole rings is 1. The van der Waals surface area contributed by atoms with E-state index in [1.165, 1.54) is 23.5 Å². The Morgan fingerprint density at radius 2 is 2.00 bits per heavy atom. The van der Waals surface area contributed by atoms with Crippen LogP contribution in [0, 0.1) is 0 Å². The number of aldehydes is 1. The molecule has 0 atom stereocenters. The van der Waals surface area contributed by atoms with Gasteiger partial charge in [-0.25, -0.2) is 13.4 Å². The first-order valence-corrected chi connectivity index (χ1v) is 10.5. The summed E-state index contributed by atoms with van der Waals surface area (Å²) < 4.78 is 29.7. The highest BCUT2D eigenvalue weighted by Gasteiger charge is 2.18. The molecule has 3 aromatic rings. The topological polar surface area (TPSA) is 94.8 Å². The molecule has 0 aliphatic rings. The molecule has 0 saturated heterocycles. The molecule has 0 aliphatic carbocycles. The fourth-order valence-corrected chi connectivity index (χ4v) is 4.13. The number of fused-ring (bicyclic) bond motifs is 1. The van der Waals surface area contributed by atoms with Gasteiger partial charge in [0.1, 0.15) is 11.4 Å². The van der Waals surface area contributed by atoms with Gasteiger partial charge in [0, 0.05) is 22.9 Å². The lowest BCUT2D eigenvalue weighted by atomic mass is 10.1. The summed E-state index contributed by atoms with van der Waals surface area (Å²) in [6.45, 7) is 2.06. The number of rotatable bonds is 6. The Bertz CT molecular complexity index is 1080. The predicted octanol–water partition coefficient (Wildman–Crippen LogP) is 2.38. The third-order valence-corrected chi connectivity index (χ3v) is 5.81. The van der Waals surface area contributed by atoms with E-state index in [-0.39, 0.29) is 17.3 Å². The average molecular weight is 392 g/mol. The van der Waals surface area contributed by atoms with E-state index in [1.807, 2.05) is 0 Å². The largest absolute Gasteiger partial charge is 0.466 e. The summed E-state index contributed by atoms with van der Waals surface area (Å²) in [5.74, 6) is -0.332. The first kappa shape index (κ1) is 18.3. The van der Waals surface area contributed by atoms with Crippen molar-refractivity contribution in [2.24, 2.45) is 0 Å². The summed E-state index contributed by atoms with van der Waals surface area (Å²) in [7, 11) is -3.29. The van der Waals surface area contributed by atoms with Gasteiger partial charge < -0.3 is 4.74 Å². The van der Waals surface area contributed by atoms with Gasteiger partial charge in [-0.2, -0.15) is 0 Å². The maximum absolute atomic E-state index is 11.6. The van der Waals surface area contributed by atoms with Crippen LogP contribution in [0.2, 0.25) is 0 Å². The van der Waals surface area contributed by atoms with Crippen molar-refractivity contribution in [3.05, 3.63) is 41.0 Å². The number of sulfone groups is 1. The summed E-state index contributed by atoms with van der Waals surface area (Å²) in [6.07, 6.45) is 3.65. The molecule has 0 N–H and O–H groups in total. The summed E-state index contributed by atoms with van der Waals surface area (Å²) in [5.41, 5.74) is 1.45. The number of aromatic nitrogens is 2. The average Bonchev–Trinajstić information content (AvgIpc) is 3.11. The Balaban J connectivity index is 1.98. The molecule has 0 unspecified atom stereocenters. The third-order valence-electron chi connectivity index (χ3n) is 3.70. The van der Waals surface area contributed by atoms with Crippen molar-refractivity contribution in [1.29, 1.82) is 0 Å².